The van der Waals surface area contributed by atoms with Crippen LogP contribution < -0.4 is 0 Å². The molecule has 0 heterocycles. The topological polar surface area (TPSA) is 0 Å². The summed E-state index contributed by atoms with van der Waals surface area (Å²) >= 11 is 0. The molecule has 90 valence electrons. The van der Waals surface area contributed by atoms with Crippen molar-refractivity contribution in [3.8, 4) is 0 Å². The van der Waals surface area contributed by atoms with Gasteiger partial charge in [-0.05, 0) is 67.9 Å². The predicted molar refractivity (Wildman–Crippen MR) is 77.2 cm³/mol. The second-order valence-electron chi connectivity index (χ2n) is 5.44. The third-order valence-corrected chi connectivity index (χ3v) is 3.86. The number of hydrogen-bond acceptors (Lipinski definition) is 0. The van der Waals surface area contributed by atoms with Gasteiger partial charge in [0, 0.05) is 0 Å². The van der Waals surface area contributed by atoms with E-state index < -0.39 is 0 Å². The highest BCUT2D eigenvalue weighted by Gasteiger charge is 2.23. The largest absolute Gasteiger partial charge is 0.0955 e. The number of aryl methyl sites for hydroxylation is 1. The number of allylic oxidation sites excluding steroid dienone is 2. The van der Waals surface area contributed by atoms with Gasteiger partial charge >= 0.3 is 0 Å². The molecule has 0 bridgehead atoms. The molecular formula is C17H22. The van der Waals surface area contributed by atoms with Gasteiger partial charge in [-0.1, -0.05) is 36.8 Å². The van der Waals surface area contributed by atoms with Crippen LogP contribution in [0, 0.1) is 6.92 Å². The van der Waals surface area contributed by atoms with Crippen LogP contribution >= 0.6 is 0 Å². The van der Waals surface area contributed by atoms with Crippen molar-refractivity contribution < 1.29 is 0 Å². The molecule has 1 saturated carbocycles. The van der Waals surface area contributed by atoms with Crippen LogP contribution in [0.25, 0.3) is 11.1 Å². The molecule has 1 aromatic carbocycles. The highest BCUT2D eigenvalue weighted by molar-refractivity contribution is 5.73. The molecule has 1 aliphatic rings. The third kappa shape index (κ3) is 2.22. The van der Waals surface area contributed by atoms with Crippen LogP contribution in [0.1, 0.15) is 61.3 Å². The zero-order chi connectivity index (χ0) is 12.6. The van der Waals surface area contributed by atoms with Gasteiger partial charge in [-0.3, -0.25) is 0 Å². The van der Waals surface area contributed by atoms with Gasteiger partial charge in [0.1, 0.15) is 0 Å². The number of benzene rings is 1. The minimum Gasteiger partial charge on any atom is -0.0955 e. The van der Waals surface area contributed by atoms with E-state index in [1.165, 1.54) is 47.1 Å². The maximum absolute atomic E-state index is 4.13. The van der Waals surface area contributed by atoms with E-state index in [0.29, 0.717) is 0 Å². The maximum atomic E-state index is 4.13. The van der Waals surface area contributed by atoms with Gasteiger partial charge in [-0.2, -0.15) is 0 Å². The van der Waals surface area contributed by atoms with Crippen LogP contribution in [0.2, 0.25) is 0 Å². The Bertz CT molecular complexity index is 473. The Balaban J connectivity index is 2.54. The molecule has 0 spiro atoms. The molecule has 0 amide bonds. The van der Waals surface area contributed by atoms with E-state index >= 15 is 0 Å². The highest BCUT2D eigenvalue weighted by atomic mass is 14.3. The Kier molecular flexibility index (Phi) is 3.24. The van der Waals surface area contributed by atoms with Crippen molar-refractivity contribution in [2.75, 3.05) is 0 Å². The molecule has 0 aromatic heterocycles. The van der Waals surface area contributed by atoms with Gasteiger partial charge in [-0.25, -0.2) is 0 Å². The quantitative estimate of drug-likeness (QED) is 0.653. The van der Waals surface area contributed by atoms with Gasteiger partial charge in [0.25, 0.3) is 0 Å². The van der Waals surface area contributed by atoms with Crippen molar-refractivity contribution in [2.24, 2.45) is 0 Å². The second-order valence-corrected chi connectivity index (χ2v) is 5.44. The molecular weight excluding hydrogens is 204 g/mol. The van der Waals surface area contributed by atoms with Crippen molar-refractivity contribution in [2.45, 2.75) is 46.0 Å². The lowest BCUT2D eigenvalue weighted by Gasteiger charge is -2.29. The van der Waals surface area contributed by atoms with Crippen LogP contribution in [0.5, 0.6) is 0 Å². The first-order valence-corrected chi connectivity index (χ1v) is 6.47. The molecule has 0 saturated heterocycles. The smallest absolute Gasteiger partial charge is 0.0156 e. The predicted octanol–water partition coefficient (Wildman–Crippen LogP) is 5.33. The van der Waals surface area contributed by atoms with Gasteiger partial charge in [0.05, 0.1) is 0 Å². The van der Waals surface area contributed by atoms with E-state index in [1.54, 1.807) is 0 Å². The van der Waals surface area contributed by atoms with Crippen LogP contribution in [0.3, 0.4) is 0 Å². The van der Waals surface area contributed by atoms with E-state index in [4.69, 9.17) is 0 Å². The number of rotatable bonds is 3. The summed E-state index contributed by atoms with van der Waals surface area (Å²) in [5.74, 6) is 0.763. The lowest BCUT2D eigenvalue weighted by Crippen LogP contribution is -2.11. The van der Waals surface area contributed by atoms with Gasteiger partial charge < -0.3 is 0 Å². The van der Waals surface area contributed by atoms with Crippen molar-refractivity contribution in [1.29, 1.82) is 0 Å². The Labute approximate surface area is 105 Å². The van der Waals surface area contributed by atoms with Crippen molar-refractivity contribution in [3.05, 3.63) is 47.5 Å². The van der Waals surface area contributed by atoms with E-state index in [-0.39, 0.29) is 0 Å². The fourth-order valence-corrected chi connectivity index (χ4v) is 2.62. The van der Waals surface area contributed by atoms with Gasteiger partial charge in [0.15, 0.2) is 0 Å². The third-order valence-electron chi connectivity index (χ3n) is 3.86. The molecule has 2 rings (SSSR count). The van der Waals surface area contributed by atoms with E-state index in [9.17, 15) is 0 Å². The molecule has 0 radical (unpaired) electrons. The first kappa shape index (κ1) is 12.2. The molecule has 0 atom stereocenters. The first-order valence-electron chi connectivity index (χ1n) is 6.47. The normalized spacial score (nSPS) is 15.5. The van der Waals surface area contributed by atoms with Gasteiger partial charge in [0.2, 0.25) is 0 Å². The summed E-state index contributed by atoms with van der Waals surface area (Å²) in [4.78, 5) is 0. The fraction of sp³-hybridized carbons (Fsp3) is 0.412. The van der Waals surface area contributed by atoms with Crippen LogP contribution in [-0.2, 0) is 0 Å². The molecule has 0 nitrogen and oxygen atoms in total. The first-order chi connectivity index (χ1) is 8.00. The molecule has 1 fully saturated rings. The Morgan fingerprint density at radius 3 is 2.06 bits per heavy atom. The summed E-state index contributed by atoms with van der Waals surface area (Å²) in [7, 11) is 0. The molecule has 0 unspecified atom stereocenters. The fourth-order valence-electron chi connectivity index (χ4n) is 2.62. The minimum atomic E-state index is 0.763. The van der Waals surface area contributed by atoms with E-state index in [2.05, 4.69) is 46.1 Å². The Morgan fingerprint density at radius 1 is 1.06 bits per heavy atom. The van der Waals surface area contributed by atoms with E-state index in [1.807, 2.05) is 0 Å². The van der Waals surface area contributed by atoms with Gasteiger partial charge in [-0.15, -0.1) is 0 Å². The van der Waals surface area contributed by atoms with Crippen LogP contribution in [0.15, 0.2) is 25.3 Å². The lowest BCUT2D eigenvalue weighted by molar-refractivity contribution is 0.419. The van der Waals surface area contributed by atoms with Crippen molar-refractivity contribution in [1.82, 2.24) is 0 Å². The molecule has 1 aromatic rings. The monoisotopic (exact) mass is 226 g/mol. The molecule has 1 aliphatic carbocycles. The molecule has 0 aliphatic heterocycles. The second kappa shape index (κ2) is 4.52. The standard InChI is InChI=1S/C17H22/c1-11(2)15-10-16(12(3)4)17(9-13(15)5)14-7-6-8-14/h9-10,14H,1,3,6-8H2,2,4-5H3. The maximum Gasteiger partial charge on any atom is -0.0156 e. The molecule has 0 heteroatoms. The minimum absolute atomic E-state index is 0.763. The Morgan fingerprint density at radius 2 is 1.65 bits per heavy atom. The van der Waals surface area contributed by atoms with E-state index in [0.717, 1.165) is 11.5 Å². The summed E-state index contributed by atoms with van der Waals surface area (Å²) < 4.78 is 0. The molecule has 0 N–H and O–H groups in total. The summed E-state index contributed by atoms with van der Waals surface area (Å²) in [6, 6.07) is 4.64. The van der Waals surface area contributed by atoms with Crippen LogP contribution in [-0.4, -0.2) is 0 Å². The summed E-state index contributed by atoms with van der Waals surface area (Å²) in [5, 5.41) is 0. The average molecular weight is 226 g/mol. The highest BCUT2D eigenvalue weighted by Crippen LogP contribution is 2.41. The zero-order valence-electron chi connectivity index (χ0n) is 11.3. The Hall–Kier alpha value is -1.30. The summed E-state index contributed by atoms with van der Waals surface area (Å²) in [5.41, 5.74) is 7.81. The van der Waals surface area contributed by atoms with Crippen molar-refractivity contribution >= 4 is 11.1 Å². The number of hydrogen-bond donors (Lipinski definition) is 0. The lowest BCUT2D eigenvalue weighted by atomic mass is 9.76. The van der Waals surface area contributed by atoms with Crippen LogP contribution in [0.4, 0.5) is 0 Å². The zero-order valence-corrected chi connectivity index (χ0v) is 11.3. The van der Waals surface area contributed by atoms with Crippen molar-refractivity contribution in [3.63, 3.8) is 0 Å². The SMILES string of the molecule is C=C(C)c1cc(C(=C)C)c(C2CCC2)cc1C. The summed E-state index contributed by atoms with van der Waals surface area (Å²) in [6.07, 6.45) is 4.06. The average Bonchev–Trinajstić information content (AvgIpc) is 2.13. The summed E-state index contributed by atoms with van der Waals surface area (Å²) in [6.45, 7) is 14.6. The molecule has 17 heavy (non-hydrogen) atoms.